The summed E-state index contributed by atoms with van der Waals surface area (Å²) in [5.74, 6) is 1.14. The van der Waals surface area contributed by atoms with E-state index in [4.69, 9.17) is 10.5 Å². The fourth-order valence-corrected chi connectivity index (χ4v) is 3.29. The van der Waals surface area contributed by atoms with Gasteiger partial charge in [0.05, 0.1) is 31.3 Å². The maximum atomic E-state index is 11.6. The molecule has 1 aromatic rings. The Labute approximate surface area is 177 Å². The summed E-state index contributed by atoms with van der Waals surface area (Å²) in [7, 11) is 1.89. The summed E-state index contributed by atoms with van der Waals surface area (Å²) in [5.41, 5.74) is 9.32. The van der Waals surface area contributed by atoms with Gasteiger partial charge in [-0.05, 0) is 31.5 Å². The molecular weight excluding hydrogens is 382 g/mol. The minimum atomic E-state index is -0.241. The number of nitrogens with two attached hydrogens (primary N) is 1. The molecule has 2 aliphatic heterocycles. The number of carbonyl (C=O) groups excluding carboxylic acids is 1. The Hall–Kier alpha value is -3.33. The third-order valence-electron chi connectivity index (χ3n) is 4.89. The van der Waals surface area contributed by atoms with Crippen LogP contribution in [0, 0.1) is 0 Å². The standard InChI is InChI=1S/C21H29N7O2/c1-5-23-21(29)26-17-8-6-16(7-9-17)15(3)25-20-18(27(4)13-24-20)19(22)28-10-11-30-12-14(28)2/h6-9,13-14H,3,5,10-12,22H2,1-2,4H3,(H2,23,26,29)/b19-18-,25-20+. The molecule has 2 amide bonds. The first-order valence-corrected chi connectivity index (χ1v) is 9.95. The van der Waals surface area contributed by atoms with Crippen LogP contribution in [0.3, 0.4) is 0 Å². The average Bonchev–Trinajstić information content (AvgIpc) is 3.08. The van der Waals surface area contributed by atoms with E-state index in [2.05, 4.69) is 39.0 Å². The lowest BCUT2D eigenvalue weighted by Gasteiger charge is -2.36. The number of anilines is 1. The Balaban J connectivity index is 1.79. The predicted octanol–water partition coefficient (Wildman–Crippen LogP) is 2.02. The summed E-state index contributed by atoms with van der Waals surface area (Å²) in [6.45, 7) is 10.6. The minimum absolute atomic E-state index is 0.176. The van der Waals surface area contributed by atoms with Gasteiger partial charge in [0.2, 0.25) is 0 Å². The van der Waals surface area contributed by atoms with Crippen LogP contribution in [0.1, 0.15) is 19.4 Å². The number of rotatable bonds is 5. The number of amides is 2. The number of nitrogens with one attached hydrogen (secondary N) is 2. The zero-order chi connectivity index (χ0) is 21.7. The molecule has 0 saturated carbocycles. The van der Waals surface area contributed by atoms with Gasteiger partial charge < -0.3 is 30.9 Å². The lowest BCUT2D eigenvalue weighted by molar-refractivity contribution is 0.0154. The Kier molecular flexibility index (Phi) is 6.73. The summed E-state index contributed by atoms with van der Waals surface area (Å²) in [6, 6.07) is 7.26. The number of nitrogens with zero attached hydrogens (tertiary/aromatic N) is 4. The third kappa shape index (κ3) is 4.80. The first-order valence-electron chi connectivity index (χ1n) is 9.95. The number of carbonyl (C=O) groups is 1. The highest BCUT2D eigenvalue weighted by atomic mass is 16.5. The van der Waals surface area contributed by atoms with Gasteiger partial charge in [-0.2, -0.15) is 0 Å². The van der Waals surface area contributed by atoms with Crippen LogP contribution in [-0.2, 0) is 4.74 Å². The molecule has 1 saturated heterocycles. The molecule has 3 rings (SSSR count). The molecule has 30 heavy (non-hydrogen) atoms. The Morgan fingerprint density at radius 3 is 2.80 bits per heavy atom. The molecule has 2 heterocycles. The molecule has 1 unspecified atom stereocenters. The molecule has 2 aliphatic rings. The number of benzene rings is 1. The average molecular weight is 412 g/mol. The Morgan fingerprint density at radius 2 is 2.13 bits per heavy atom. The second-order valence-electron chi connectivity index (χ2n) is 7.15. The van der Waals surface area contributed by atoms with Gasteiger partial charge in [-0.25, -0.2) is 14.8 Å². The largest absolute Gasteiger partial charge is 0.384 e. The molecule has 1 fully saturated rings. The van der Waals surface area contributed by atoms with Gasteiger partial charge in [0.1, 0.15) is 11.5 Å². The van der Waals surface area contributed by atoms with Crippen molar-refractivity contribution < 1.29 is 9.53 Å². The van der Waals surface area contributed by atoms with Crippen LogP contribution in [0.4, 0.5) is 10.5 Å². The predicted molar refractivity (Wildman–Crippen MR) is 120 cm³/mol. The van der Waals surface area contributed by atoms with Crippen LogP contribution in [0.2, 0.25) is 0 Å². The van der Waals surface area contributed by atoms with E-state index in [-0.39, 0.29) is 12.1 Å². The van der Waals surface area contributed by atoms with Crippen molar-refractivity contribution in [2.24, 2.45) is 15.7 Å². The fraction of sp³-hybridized carbons (Fsp3) is 0.381. The van der Waals surface area contributed by atoms with E-state index in [0.29, 0.717) is 42.8 Å². The van der Waals surface area contributed by atoms with E-state index < -0.39 is 0 Å². The van der Waals surface area contributed by atoms with Crippen molar-refractivity contribution in [3.8, 4) is 0 Å². The third-order valence-corrected chi connectivity index (χ3v) is 4.89. The number of amidine groups is 1. The second-order valence-corrected chi connectivity index (χ2v) is 7.15. The molecule has 0 aromatic heterocycles. The number of ether oxygens (including phenoxy) is 1. The van der Waals surface area contributed by atoms with Gasteiger partial charge in [0, 0.05) is 25.8 Å². The lowest BCUT2D eigenvalue weighted by Crippen LogP contribution is -2.46. The molecule has 1 atom stereocenters. The van der Waals surface area contributed by atoms with E-state index >= 15 is 0 Å². The van der Waals surface area contributed by atoms with Crippen molar-refractivity contribution in [2.75, 3.05) is 38.7 Å². The summed E-state index contributed by atoms with van der Waals surface area (Å²) >= 11 is 0. The van der Waals surface area contributed by atoms with Crippen LogP contribution in [-0.4, -0.2) is 67.4 Å². The molecule has 0 bridgehead atoms. The van der Waals surface area contributed by atoms with Gasteiger partial charge in [-0.15, -0.1) is 0 Å². The van der Waals surface area contributed by atoms with E-state index in [9.17, 15) is 4.79 Å². The fourth-order valence-electron chi connectivity index (χ4n) is 3.29. The SMILES string of the molecule is C=C(/N=C1/N=CN(C)/C1=C(/N)N1CCOCC1C)c1ccc(NC(=O)NCC)cc1. The molecule has 0 spiro atoms. The van der Waals surface area contributed by atoms with Crippen LogP contribution in [0.25, 0.3) is 5.70 Å². The topological polar surface area (TPSA) is 108 Å². The highest BCUT2D eigenvalue weighted by Crippen LogP contribution is 2.23. The number of aliphatic imine (C=N–C) groups is 2. The van der Waals surface area contributed by atoms with Crippen LogP contribution in [0.5, 0.6) is 0 Å². The van der Waals surface area contributed by atoms with Crippen molar-refractivity contribution in [1.29, 1.82) is 0 Å². The van der Waals surface area contributed by atoms with E-state index in [1.807, 2.05) is 31.0 Å². The molecule has 4 N–H and O–H groups in total. The molecule has 9 nitrogen and oxygen atoms in total. The van der Waals surface area contributed by atoms with Gasteiger partial charge in [0.25, 0.3) is 0 Å². The summed E-state index contributed by atoms with van der Waals surface area (Å²) in [5, 5.41) is 5.46. The summed E-state index contributed by atoms with van der Waals surface area (Å²) in [6.07, 6.45) is 1.69. The summed E-state index contributed by atoms with van der Waals surface area (Å²) in [4.78, 5) is 24.7. The van der Waals surface area contributed by atoms with Crippen molar-refractivity contribution in [2.45, 2.75) is 19.9 Å². The second kappa shape index (κ2) is 9.45. The highest BCUT2D eigenvalue weighted by molar-refractivity contribution is 6.10. The highest BCUT2D eigenvalue weighted by Gasteiger charge is 2.27. The smallest absolute Gasteiger partial charge is 0.319 e. The maximum absolute atomic E-state index is 11.6. The number of likely N-dealkylation sites (N-methyl/N-ethyl adjacent to an activating group) is 1. The first kappa shape index (κ1) is 21.4. The maximum Gasteiger partial charge on any atom is 0.319 e. The van der Waals surface area contributed by atoms with Crippen molar-refractivity contribution >= 4 is 29.6 Å². The first-order chi connectivity index (χ1) is 14.4. The minimum Gasteiger partial charge on any atom is -0.384 e. The van der Waals surface area contributed by atoms with E-state index in [1.54, 1.807) is 18.5 Å². The van der Waals surface area contributed by atoms with Crippen LogP contribution in [0.15, 0.2) is 52.3 Å². The van der Waals surface area contributed by atoms with Gasteiger partial charge in [-0.3, -0.25) is 0 Å². The molecule has 1 aromatic carbocycles. The zero-order valence-electron chi connectivity index (χ0n) is 17.7. The number of hydrogen-bond acceptors (Lipinski definition) is 6. The lowest BCUT2D eigenvalue weighted by atomic mass is 10.1. The van der Waals surface area contributed by atoms with Crippen molar-refractivity contribution in [3.05, 3.63) is 47.9 Å². The van der Waals surface area contributed by atoms with Crippen molar-refractivity contribution in [3.63, 3.8) is 0 Å². The number of urea groups is 1. The van der Waals surface area contributed by atoms with Gasteiger partial charge >= 0.3 is 6.03 Å². The van der Waals surface area contributed by atoms with Gasteiger partial charge in [0.15, 0.2) is 5.84 Å². The Morgan fingerprint density at radius 1 is 1.40 bits per heavy atom. The van der Waals surface area contributed by atoms with E-state index in [1.165, 1.54) is 0 Å². The zero-order valence-corrected chi connectivity index (χ0v) is 17.7. The van der Waals surface area contributed by atoms with Crippen molar-refractivity contribution in [1.82, 2.24) is 15.1 Å². The van der Waals surface area contributed by atoms with Crippen LogP contribution < -0.4 is 16.4 Å². The molecule has 0 aliphatic carbocycles. The molecule has 160 valence electrons. The number of morpholine rings is 1. The van der Waals surface area contributed by atoms with Gasteiger partial charge in [-0.1, -0.05) is 18.7 Å². The normalized spacial score (nSPS) is 21.7. The van der Waals surface area contributed by atoms with E-state index in [0.717, 1.165) is 17.8 Å². The quantitative estimate of drug-likeness (QED) is 0.687. The number of hydrogen-bond donors (Lipinski definition) is 3. The molecule has 0 radical (unpaired) electrons. The monoisotopic (exact) mass is 411 g/mol. The molecule has 9 heteroatoms. The Bertz CT molecular complexity index is 889. The summed E-state index contributed by atoms with van der Waals surface area (Å²) < 4.78 is 5.51. The molecular formula is C21H29N7O2. The van der Waals surface area contributed by atoms with Crippen LogP contribution >= 0.6 is 0 Å².